The lowest BCUT2D eigenvalue weighted by Crippen LogP contribution is -2.30. The van der Waals surface area contributed by atoms with Crippen LogP contribution in [0.4, 0.5) is 10.1 Å². The van der Waals surface area contributed by atoms with Crippen LogP contribution in [0.3, 0.4) is 0 Å². The third-order valence-electron chi connectivity index (χ3n) is 3.32. The van der Waals surface area contributed by atoms with Crippen LogP contribution in [0.2, 0.25) is 0 Å². The van der Waals surface area contributed by atoms with Crippen molar-refractivity contribution in [3.63, 3.8) is 0 Å². The Morgan fingerprint density at radius 3 is 2.75 bits per heavy atom. The maximum Gasteiger partial charge on any atom is 0.272 e. The van der Waals surface area contributed by atoms with Gasteiger partial charge in [0, 0.05) is 19.2 Å². The lowest BCUT2D eigenvalue weighted by Gasteiger charge is -2.10. The van der Waals surface area contributed by atoms with Crippen molar-refractivity contribution in [2.45, 2.75) is 24.6 Å². The molecule has 1 fully saturated rings. The Balaban J connectivity index is 1.96. The van der Waals surface area contributed by atoms with Gasteiger partial charge in [-0.25, -0.2) is 12.8 Å². The van der Waals surface area contributed by atoms with Gasteiger partial charge in [0.2, 0.25) is 0 Å². The fourth-order valence-corrected chi connectivity index (χ4v) is 4.11. The second kappa shape index (κ2) is 5.84. The lowest BCUT2D eigenvalue weighted by molar-refractivity contribution is -0.385. The summed E-state index contributed by atoms with van der Waals surface area (Å²) in [6.45, 7) is 0.483. The molecular formula is C12H15FN2O4S. The summed E-state index contributed by atoms with van der Waals surface area (Å²) in [4.78, 5) is 9.95. The fraction of sp³-hybridized carbons (Fsp3) is 0.500. The van der Waals surface area contributed by atoms with Crippen LogP contribution in [-0.2, 0) is 16.4 Å². The minimum Gasteiger partial charge on any atom is -0.311 e. The first kappa shape index (κ1) is 14.9. The van der Waals surface area contributed by atoms with Crippen LogP contribution in [0.15, 0.2) is 18.2 Å². The molecule has 1 aromatic carbocycles. The smallest absolute Gasteiger partial charge is 0.272 e. The third kappa shape index (κ3) is 3.51. The predicted octanol–water partition coefficient (Wildman–Crippen LogP) is 1.40. The van der Waals surface area contributed by atoms with Crippen molar-refractivity contribution in [3.05, 3.63) is 39.7 Å². The summed E-state index contributed by atoms with van der Waals surface area (Å²) in [6.07, 6.45) is 1.29. The zero-order valence-corrected chi connectivity index (χ0v) is 11.5. The number of benzene rings is 1. The van der Waals surface area contributed by atoms with Crippen LogP contribution >= 0.6 is 0 Å². The van der Waals surface area contributed by atoms with Gasteiger partial charge in [0.15, 0.2) is 9.84 Å². The molecule has 6 nitrogen and oxygen atoms in total. The molecule has 20 heavy (non-hydrogen) atoms. The summed E-state index contributed by atoms with van der Waals surface area (Å²) in [5.74, 6) is -0.463. The largest absolute Gasteiger partial charge is 0.311 e. The molecule has 0 radical (unpaired) electrons. The normalized spacial score (nSPS) is 20.9. The molecule has 0 aromatic heterocycles. The highest BCUT2D eigenvalue weighted by atomic mass is 32.2. The first-order valence-corrected chi connectivity index (χ1v) is 7.96. The van der Waals surface area contributed by atoms with Gasteiger partial charge in [0.1, 0.15) is 5.82 Å². The van der Waals surface area contributed by atoms with Crippen LogP contribution < -0.4 is 5.32 Å². The Morgan fingerprint density at radius 2 is 2.15 bits per heavy atom. The zero-order chi connectivity index (χ0) is 14.8. The highest BCUT2D eigenvalue weighted by Gasteiger charge is 2.30. The number of halogens is 1. The van der Waals surface area contributed by atoms with E-state index in [0.29, 0.717) is 18.4 Å². The molecule has 2 rings (SSSR count). The number of hydrogen-bond donors (Lipinski definition) is 1. The van der Waals surface area contributed by atoms with Gasteiger partial charge in [0.05, 0.1) is 22.0 Å². The average Bonchev–Trinajstić information content (AvgIpc) is 2.68. The van der Waals surface area contributed by atoms with Gasteiger partial charge in [-0.05, 0) is 24.5 Å². The number of non-ortho nitro benzene ring substituents is 1. The highest BCUT2D eigenvalue weighted by molar-refractivity contribution is 7.92. The van der Waals surface area contributed by atoms with E-state index in [2.05, 4.69) is 5.32 Å². The summed E-state index contributed by atoms with van der Waals surface area (Å²) in [5.41, 5.74) is 0.113. The topological polar surface area (TPSA) is 89.3 Å². The van der Waals surface area contributed by atoms with Crippen molar-refractivity contribution >= 4 is 15.5 Å². The minimum atomic E-state index is -3.02. The Labute approximate surface area is 116 Å². The third-order valence-corrected chi connectivity index (χ3v) is 5.59. The van der Waals surface area contributed by atoms with E-state index in [1.54, 1.807) is 0 Å². The van der Waals surface area contributed by atoms with Crippen LogP contribution in [0, 0.1) is 15.9 Å². The van der Waals surface area contributed by atoms with Gasteiger partial charge in [-0.2, -0.15) is 0 Å². The van der Waals surface area contributed by atoms with E-state index in [1.807, 2.05) is 0 Å². The van der Waals surface area contributed by atoms with Crippen LogP contribution in [-0.4, -0.2) is 30.9 Å². The molecule has 1 aliphatic heterocycles. The molecule has 1 saturated heterocycles. The number of nitrogens with one attached hydrogen (secondary N) is 1. The second-order valence-electron chi connectivity index (χ2n) is 4.84. The molecule has 0 bridgehead atoms. The molecule has 1 aliphatic rings. The molecule has 1 atom stereocenters. The van der Waals surface area contributed by atoms with E-state index >= 15 is 0 Å². The number of rotatable bonds is 5. The van der Waals surface area contributed by atoms with Crippen molar-refractivity contribution in [2.75, 3.05) is 12.3 Å². The van der Waals surface area contributed by atoms with Gasteiger partial charge < -0.3 is 5.32 Å². The van der Waals surface area contributed by atoms with E-state index in [-0.39, 0.29) is 24.5 Å². The Kier molecular flexibility index (Phi) is 4.34. The Hall–Kier alpha value is -1.54. The summed E-state index contributed by atoms with van der Waals surface area (Å²) < 4.78 is 36.4. The Bertz CT molecular complexity index is 618. The first-order chi connectivity index (χ1) is 9.38. The fourth-order valence-electron chi connectivity index (χ4n) is 2.31. The van der Waals surface area contributed by atoms with E-state index in [9.17, 15) is 22.9 Å². The highest BCUT2D eigenvalue weighted by Crippen LogP contribution is 2.20. The number of hydrogen-bond acceptors (Lipinski definition) is 5. The lowest BCUT2D eigenvalue weighted by atomic mass is 10.2. The second-order valence-corrected chi connectivity index (χ2v) is 7.24. The van der Waals surface area contributed by atoms with E-state index in [0.717, 1.165) is 6.07 Å². The van der Waals surface area contributed by atoms with Crippen LogP contribution in [0.5, 0.6) is 0 Å². The van der Waals surface area contributed by atoms with Crippen molar-refractivity contribution in [1.82, 2.24) is 5.32 Å². The maximum absolute atomic E-state index is 13.2. The number of nitrogens with zero attached hydrogens (tertiary/aromatic N) is 1. The van der Waals surface area contributed by atoms with Crippen molar-refractivity contribution in [1.29, 1.82) is 0 Å². The zero-order valence-electron chi connectivity index (χ0n) is 10.7. The minimum absolute atomic E-state index is 0.199. The predicted molar refractivity (Wildman–Crippen MR) is 71.6 cm³/mol. The number of sulfone groups is 1. The average molecular weight is 302 g/mol. The molecular weight excluding hydrogens is 287 g/mol. The van der Waals surface area contributed by atoms with Crippen molar-refractivity contribution in [3.8, 4) is 0 Å². The van der Waals surface area contributed by atoms with E-state index in [4.69, 9.17) is 0 Å². The van der Waals surface area contributed by atoms with E-state index in [1.165, 1.54) is 12.1 Å². The van der Waals surface area contributed by atoms with Crippen LogP contribution in [0.1, 0.15) is 18.4 Å². The summed E-state index contributed by atoms with van der Waals surface area (Å²) >= 11 is 0. The molecule has 0 aliphatic carbocycles. The monoisotopic (exact) mass is 302 g/mol. The standard InChI is InChI=1S/C12H15FN2O4S/c13-10-4-9(5-11(6-10)15(16)17)7-14-8-12-2-1-3-20(12,18)19/h4-6,12,14H,1-3,7-8H2. The first-order valence-electron chi connectivity index (χ1n) is 6.24. The molecule has 1 N–H and O–H groups in total. The maximum atomic E-state index is 13.2. The van der Waals surface area contributed by atoms with Gasteiger partial charge in [-0.3, -0.25) is 10.1 Å². The van der Waals surface area contributed by atoms with Crippen LogP contribution in [0.25, 0.3) is 0 Å². The molecule has 1 aromatic rings. The molecule has 110 valence electrons. The quantitative estimate of drug-likeness (QED) is 0.656. The SMILES string of the molecule is O=[N+]([O-])c1cc(F)cc(CNCC2CCCS2(=O)=O)c1. The van der Waals surface area contributed by atoms with Crippen molar-refractivity contribution in [2.24, 2.45) is 0 Å². The molecule has 8 heteroatoms. The molecule has 0 saturated carbocycles. The summed E-state index contributed by atoms with van der Waals surface area (Å²) in [6, 6.07) is 3.33. The molecule has 0 spiro atoms. The van der Waals surface area contributed by atoms with E-state index < -0.39 is 25.8 Å². The van der Waals surface area contributed by atoms with Crippen molar-refractivity contribution < 1.29 is 17.7 Å². The molecule has 1 unspecified atom stereocenters. The Morgan fingerprint density at radius 1 is 1.40 bits per heavy atom. The van der Waals surface area contributed by atoms with Gasteiger partial charge in [0.25, 0.3) is 5.69 Å². The molecule has 1 heterocycles. The van der Waals surface area contributed by atoms with Gasteiger partial charge in [-0.15, -0.1) is 0 Å². The number of nitro groups is 1. The summed E-state index contributed by atoms with van der Waals surface area (Å²) in [5, 5.41) is 13.1. The van der Waals surface area contributed by atoms with Gasteiger partial charge in [-0.1, -0.05) is 0 Å². The number of nitro benzene ring substituents is 1. The molecule has 0 amide bonds. The van der Waals surface area contributed by atoms with Gasteiger partial charge >= 0.3 is 0 Å². The summed E-state index contributed by atoms with van der Waals surface area (Å²) in [7, 11) is -3.02.